The van der Waals surface area contributed by atoms with Crippen molar-refractivity contribution >= 4 is 5.57 Å². The summed E-state index contributed by atoms with van der Waals surface area (Å²) in [4.78, 5) is 0. The zero-order chi connectivity index (χ0) is 19.1. The normalized spacial score (nSPS) is 23.7. The Morgan fingerprint density at radius 2 is 1.56 bits per heavy atom. The van der Waals surface area contributed by atoms with Crippen LogP contribution in [0, 0.1) is 10.8 Å². The fourth-order valence-corrected chi connectivity index (χ4v) is 4.25. The van der Waals surface area contributed by atoms with Crippen LogP contribution in [0.3, 0.4) is 0 Å². The highest BCUT2D eigenvalue weighted by Crippen LogP contribution is 2.55. The Morgan fingerprint density at radius 1 is 0.960 bits per heavy atom. The topological polar surface area (TPSA) is 0 Å². The standard InChI is InChI=1S/C23H34.C2H6/c1-7-10-18-12-14-19(15-13-18)20-16-17-23(6,9-3)21(11-8-2)22(20,4)5;1-2/h11-16H,7-10,17H2,1-6H3;1-2H3/b21-11-;. The average molecular weight is 341 g/mol. The van der Waals surface area contributed by atoms with E-state index < -0.39 is 0 Å². The van der Waals surface area contributed by atoms with E-state index in [4.69, 9.17) is 0 Å². The van der Waals surface area contributed by atoms with Gasteiger partial charge in [0.1, 0.15) is 0 Å². The van der Waals surface area contributed by atoms with Crippen LogP contribution in [0.4, 0.5) is 0 Å². The number of allylic oxidation sites excluding steroid dienone is 4. The van der Waals surface area contributed by atoms with Gasteiger partial charge >= 0.3 is 0 Å². The van der Waals surface area contributed by atoms with E-state index in [0.717, 1.165) is 12.8 Å². The number of hydrogen-bond donors (Lipinski definition) is 0. The molecule has 1 atom stereocenters. The number of rotatable bonds is 5. The summed E-state index contributed by atoms with van der Waals surface area (Å²) in [6.45, 7) is 18.1. The van der Waals surface area contributed by atoms with Crippen molar-refractivity contribution in [2.75, 3.05) is 0 Å². The maximum Gasteiger partial charge on any atom is 0.0113 e. The Balaban J connectivity index is 0.00000151. The molecule has 140 valence electrons. The molecule has 0 heterocycles. The number of aryl methyl sites for hydroxylation is 1. The van der Waals surface area contributed by atoms with Crippen LogP contribution in [-0.2, 0) is 6.42 Å². The Kier molecular flexibility index (Phi) is 8.19. The molecular formula is C25H40. The van der Waals surface area contributed by atoms with Gasteiger partial charge in [-0.15, -0.1) is 0 Å². The van der Waals surface area contributed by atoms with Crippen molar-refractivity contribution < 1.29 is 0 Å². The summed E-state index contributed by atoms with van der Waals surface area (Å²) in [6, 6.07) is 9.28. The molecule has 0 N–H and O–H groups in total. The highest BCUT2D eigenvalue weighted by Gasteiger charge is 2.41. The molecule has 0 aliphatic heterocycles. The third-order valence-electron chi connectivity index (χ3n) is 5.75. The van der Waals surface area contributed by atoms with E-state index >= 15 is 0 Å². The van der Waals surface area contributed by atoms with Crippen LogP contribution in [0.5, 0.6) is 0 Å². The lowest BCUT2D eigenvalue weighted by atomic mass is 9.58. The zero-order valence-corrected chi connectivity index (χ0v) is 18.0. The minimum absolute atomic E-state index is 0.116. The minimum Gasteiger partial charge on any atom is -0.0842 e. The van der Waals surface area contributed by atoms with Gasteiger partial charge in [0.15, 0.2) is 0 Å². The molecule has 25 heavy (non-hydrogen) atoms. The van der Waals surface area contributed by atoms with Crippen molar-refractivity contribution in [3.8, 4) is 0 Å². The van der Waals surface area contributed by atoms with Gasteiger partial charge in [-0.05, 0) is 47.8 Å². The quantitative estimate of drug-likeness (QED) is 0.473. The van der Waals surface area contributed by atoms with Gasteiger partial charge in [0.25, 0.3) is 0 Å². The van der Waals surface area contributed by atoms with Gasteiger partial charge in [-0.1, -0.05) is 104 Å². The second-order valence-corrected chi connectivity index (χ2v) is 7.83. The summed E-state index contributed by atoms with van der Waals surface area (Å²) in [5.74, 6) is 0. The van der Waals surface area contributed by atoms with Crippen LogP contribution in [0.15, 0.2) is 42.0 Å². The van der Waals surface area contributed by atoms with Crippen molar-refractivity contribution in [3.63, 3.8) is 0 Å². The van der Waals surface area contributed by atoms with E-state index in [1.807, 2.05) is 13.8 Å². The first kappa shape index (κ1) is 21.7. The molecule has 1 aromatic carbocycles. The third-order valence-corrected chi connectivity index (χ3v) is 5.75. The molecule has 0 aromatic heterocycles. The highest BCUT2D eigenvalue weighted by molar-refractivity contribution is 5.75. The van der Waals surface area contributed by atoms with Gasteiger partial charge in [-0.2, -0.15) is 0 Å². The monoisotopic (exact) mass is 340 g/mol. The second kappa shape index (κ2) is 9.41. The summed E-state index contributed by atoms with van der Waals surface area (Å²) in [7, 11) is 0. The van der Waals surface area contributed by atoms with Crippen molar-refractivity contribution in [2.24, 2.45) is 10.8 Å². The molecule has 0 amide bonds. The smallest absolute Gasteiger partial charge is 0.0113 e. The molecular weight excluding hydrogens is 300 g/mol. The second-order valence-electron chi connectivity index (χ2n) is 7.83. The van der Waals surface area contributed by atoms with E-state index in [2.05, 4.69) is 78.0 Å². The molecule has 1 aliphatic carbocycles. The van der Waals surface area contributed by atoms with Crippen molar-refractivity contribution in [3.05, 3.63) is 53.1 Å². The van der Waals surface area contributed by atoms with E-state index in [-0.39, 0.29) is 5.41 Å². The van der Waals surface area contributed by atoms with Crippen LogP contribution in [0.2, 0.25) is 0 Å². The van der Waals surface area contributed by atoms with Crippen LogP contribution < -0.4 is 0 Å². The van der Waals surface area contributed by atoms with Crippen LogP contribution in [0.25, 0.3) is 5.57 Å². The van der Waals surface area contributed by atoms with E-state index in [1.165, 1.54) is 36.0 Å². The molecule has 2 rings (SSSR count). The van der Waals surface area contributed by atoms with Gasteiger partial charge in [-0.3, -0.25) is 0 Å². The lowest BCUT2D eigenvalue weighted by Gasteiger charge is -2.46. The Morgan fingerprint density at radius 3 is 2.04 bits per heavy atom. The molecule has 0 fully saturated rings. The van der Waals surface area contributed by atoms with E-state index in [9.17, 15) is 0 Å². The molecule has 1 aliphatic rings. The predicted octanol–water partition coefficient (Wildman–Crippen LogP) is 8.23. The molecule has 1 unspecified atom stereocenters. The van der Waals surface area contributed by atoms with Crippen molar-refractivity contribution in [2.45, 2.75) is 87.5 Å². The SMILES string of the molecule is CC.CC/C=C1\C(C)(CC)CC=C(c2ccc(CCC)cc2)C1(C)C. The summed E-state index contributed by atoms with van der Waals surface area (Å²) in [5.41, 5.74) is 6.41. The Hall–Kier alpha value is -1.30. The van der Waals surface area contributed by atoms with Gasteiger partial charge in [0.2, 0.25) is 0 Å². The molecule has 1 aromatic rings. The first-order chi connectivity index (χ1) is 11.9. The van der Waals surface area contributed by atoms with Gasteiger partial charge in [-0.25, -0.2) is 0 Å². The lowest BCUT2D eigenvalue weighted by Crippen LogP contribution is -2.33. The minimum atomic E-state index is 0.116. The maximum atomic E-state index is 2.51. The molecule has 0 saturated heterocycles. The third kappa shape index (κ3) is 4.66. The summed E-state index contributed by atoms with van der Waals surface area (Å²) in [6.07, 6.45) is 10.9. The molecule has 0 radical (unpaired) electrons. The molecule has 0 nitrogen and oxygen atoms in total. The van der Waals surface area contributed by atoms with E-state index in [0.29, 0.717) is 5.41 Å². The predicted molar refractivity (Wildman–Crippen MR) is 115 cm³/mol. The van der Waals surface area contributed by atoms with Gasteiger partial charge < -0.3 is 0 Å². The van der Waals surface area contributed by atoms with Crippen molar-refractivity contribution in [1.82, 2.24) is 0 Å². The number of hydrogen-bond acceptors (Lipinski definition) is 0. The van der Waals surface area contributed by atoms with Gasteiger partial charge in [0, 0.05) is 5.41 Å². The van der Waals surface area contributed by atoms with Gasteiger partial charge in [0.05, 0.1) is 0 Å². The summed E-state index contributed by atoms with van der Waals surface area (Å²) < 4.78 is 0. The first-order valence-corrected chi connectivity index (χ1v) is 10.4. The van der Waals surface area contributed by atoms with Crippen LogP contribution >= 0.6 is 0 Å². The average Bonchev–Trinajstić information content (AvgIpc) is 2.62. The highest BCUT2D eigenvalue weighted by atomic mass is 14.5. The van der Waals surface area contributed by atoms with Crippen LogP contribution in [0.1, 0.15) is 92.2 Å². The molecule has 0 spiro atoms. The summed E-state index contributed by atoms with van der Waals surface area (Å²) in [5, 5.41) is 0. The molecule has 0 heteroatoms. The molecule has 0 bridgehead atoms. The number of benzene rings is 1. The largest absolute Gasteiger partial charge is 0.0842 e. The fourth-order valence-electron chi connectivity index (χ4n) is 4.25. The zero-order valence-electron chi connectivity index (χ0n) is 18.0. The lowest BCUT2D eigenvalue weighted by molar-refractivity contribution is 0.310. The molecule has 0 saturated carbocycles. The first-order valence-electron chi connectivity index (χ1n) is 10.4. The Labute approximate surface area is 157 Å². The maximum absolute atomic E-state index is 2.51. The van der Waals surface area contributed by atoms with Crippen molar-refractivity contribution in [1.29, 1.82) is 0 Å². The Bertz CT molecular complexity index is 583. The summed E-state index contributed by atoms with van der Waals surface area (Å²) >= 11 is 0. The fraction of sp³-hybridized carbons (Fsp3) is 0.600. The van der Waals surface area contributed by atoms with Crippen LogP contribution in [-0.4, -0.2) is 0 Å². The van der Waals surface area contributed by atoms with E-state index in [1.54, 1.807) is 5.57 Å².